The summed E-state index contributed by atoms with van der Waals surface area (Å²) in [5.74, 6) is 1.54. The number of likely N-dealkylation sites (N-methyl/N-ethyl adjacent to an activating group) is 1. The molecule has 2 rings (SSSR count). The third-order valence-corrected chi connectivity index (χ3v) is 4.77. The minimum Gasteiger partial charge on any atom is -0.314 e. The van der Waals surface area contributed by atoms with Crippen molar-refractivity contribution in [2.75, 3.05) is 6.54 Å². The maximum absolute atomic E-state index is 3.72. The molecule has 1 aromatic heterocycles. The van der Waals surface area contributed by atoms with Crippen LogP contribution in [0.4, 0.5) is 0 Å². The average Bonchev–Trinajstić information content (AvgIpc) is 2.75. The van der Waals surface area contributed by atoms with Crippen LogP contribution in [0.3, 0.4) is 0 Å². The van der Waals surface area contributed by atoms with Crippen LogP contribution in [-0.2, 0) is 6.42 Å². The first-order valence-electron chi connectivity index (χ1n) is 7.02. The lowest BCUT2D eigenvalue weighted by Crippen LogP contribution is -2.37. The van der Waals surface area contributed by atoms with Crippen molar-refractivity contribution in [2.45, 2.75) is 58.4 Å². The van der Waals surface area contributed by atoms with Gasteiger partial charge >= 0.3 is 0 Å². The lowest BCUT2D eigenvalue weighted by atomic mass is 9.79. The van der Waals surface area contributed by atoms with Crippen molar-refractivity contribution in [3.8, 4) is 0 Å². The molecule has 2 unspecified atom stereocenters. The van der Waals surface area contributed by atoms with E-state index in [9.17, 15) is 0 Å². The summed E-state index contributed by atoms with van der Waals surface area (Å²) in [6.07, 6.45) is 5.35. The van der Waals surface area contributed by atoms with Crippen LogP contribution in [0.2, 0.25) is 0 Å². The average molecular weight is 251 g/mol. The third kappa shape index (κ3) is 3.11. The summed E-state index contributed by atoms with van der Waals surface area (Å²) in [7, 11) is 0. The quantitative estimate of drug-likeness (QED) is 0.827. The molecule has 1 nitrogen and oxygen atoms in total. The van der Waals surface area contributed by atoms with Gasteiger partial charge in [-0.1, -0.05) is 20.8 Å². The smallest absolute Gasteiger partial charge is 0.0138 e. The molecule has 1 aliphatic rings. The zero-order valence-electron chi connectivity index (χ0n) is 11.3. The fourth-order valence-electron chi connectivity index (χ4n) is 3.10. The zero-order valence-corrected chi connectivity index (χ0v) is 12.1. The van der Waals surface area contributed by atoms with E-state index in [1.165, 1.54) is 25.7 Å². The summed E-state index contributed by atoms with van der Waals surface area (Å²) < 4.78 is 0. The molecule has 0 amide bonds. The summed E-state index contributed by atoms with van der Waals surface area (Å²) in [6.45, 7) is 7.99. The highest BCUT2D eigenvalue weighted by atomic mass is 32.1. The van der Waals surface area contributed by atoms with Gasteiger partial charge in [0.1, 0.15) is 0 Å². The fraction of sp³-hybridized carbons (Fsp3) is 0.733. The molecule has 1 N–H and O–H groups in total. The summed E-state index contributed by atoms with van der Waals surface area (Å²) in [4.78, 5) is 1.65. The first-order chi connectivity index (χ1) is 8.22. The van der Waals surface area contributed by atoms with Gasteiger partial charge in [-0.3, -0.25) is 0 Å². The standard InChI is InChI=1S/C15H25NS/c1-4-16-14(10-11(2)3)12-6-5-7-15-13(12)8-9-17-15/h8-9,11-12,14,16H,4-7,10H2,1-3H3. The maximum atomic E-state index is 3.72. The molecule has 96 valence electrons. The maximum Gasteiger partial charge on any atom is 0.0138 e. The van der Waals surface area contributed by atoms with E-state index >= 15 is 0 Å². The van der Waals surface area contributed by atoms with Crippen LogP contribution in [0.15, 0.2) is 11.4 Å². The number of thiophene rings is 1. The normalized spacial score (nSPS) is 21.5. The van der Waals surface area contributed by atoms with E-state index in [1.807, 2.05) is 11.3 Å². The van der Waals surface area contributed by atoms with Gasteiger partial charge in [-0.05, 0) is 55.2 Å². The molecule has 2 heteroatoms. The van der Waals surface area contributed by atoms with Crippen LogP contribution in [0.25, 0.3) is 0 Å². The highest BCUT2D eigenvalue weighted by molar-refractivity contribution is 7.10. The summed E-state index contributed by atoms with van der Waals surface area (Å²) in [5.41, 5.74) is 1.65. The zero-order chi connectivity index (χ0) is 12.3. The van der Waals surface area contributed by atoms with Crippen molar-refractivity contribution in [1.82, 2.24) is 5.32 Å². The summed E-state index contributed by atoms with van der Waals surface area (Å²) in [5, 5.41) is 6.00. The lowest BCUT2D eigenvalue weighted by Gasteiger charge is -2.32. The minimum absolute atomic E-state index is 0.675. The first-order valence-corrected chi connectivity index (χ1v) is 7.90. The Morgan fingerprint density at radius 1 is 1.47 bits per heavy atom. The molecule has 0 spiro atoms. The van der Waals surface area contributed by atoms with Gasteiger partial charge in [0.05, 0.1) is 0 Å². The van der Waals surface area contributed by atoms with Crippen LogP contribution in [0.5, 0.6) is 0 Å². The minimum atomic E-state index is 0.675. The van der Waals surface area contributed by atoms with E-state index in [-0.39, 0.29) is 0 Å². The monoisotopic (exact) mass is 251 g/mol. The largest absolute Gasteiger partial charge is 0.314 e. The van der Waals surface area contributed by atoms with Gasteiger partial charge in [-0.15, -0.1) is 11.3 Å². The number of aryl methyl sites for hydroxylation is 1. The number of nitrogens with one attached hydrogen (secondary N) is 1. The Morgan fingerprint density at radius 3 is 3.00 bits per heavy atom. The highest BCUT2D eigenvalue weighted by Gasteiger charge is 2.28. The van der Waals surface area contributed by atoms with E-state index < -0.39 is 0 Å². The van der Waals surface area contributed by atoms with Crippen molar-refractivity contribution in [3.63, 3.8) is 0 Å². The Balaban J connectivity index is 2.14. The number of hydrogen-bond acceptors (Lipinski definition) is 2. The van der Waals surface area contributed by atoms with Gasteiger partial charge in [0.15, 0.2) is 0 Å². The first kappa shape index (κ1) is 13.1. The molecule has 2 atom stereocenters. The molecule has 0 aliphatic heterocycles. The Kier molecular flexibility index (Phi) is 4.63. The molecule has 0 saturated heterocycles. The number of rotatable bonds is 5. The number of hydrogen-bond donors (Lipinski definition) is 1. The molecular weight excluding hydrogens is 226 g/mol. The topological polar surface area (TPSA) is 12.0 Å². The Bertz CT molecular complexity index is 342. The molecule has 1 aromatic rings. The van der Waals surface area contributed by atoms with Gasteiger partial charge < -0.3 is 5.32 Å². The molecule has 17 heavy (non-hydrogen) atoms. The van der Waals surface area contributed by atoms with Gasteiger partial charge in [-0.25, -0.2) is 0 Å². The van der Waals surface area contributed by atoms with Crippen molar-refractivity contribution in [2.24, 2.45) is 5.92 Å². The van der Waals surface area contributed by atoms with E-state index in [1.54, 1.807) is 10.4 Å². The van der Waals surface area contributed by atoms with Crippen LogP contribution in [0, 0.1) is 5.92 Å². The Labute approximate surface area is 110 Å². The molecule has 0 aromatic carbocycles. The van der Waals surface area contributed by atoms with Crippen molar-refractivity contribution < 1.29 is 0 Å². The molecule has 0 saturated carbocycles. The predicted octanol–water partition coefficient (Wildman–Crippen LogP) is 4.19. The highest BCUT2D eigenvalue weighted by Crippen LogP contribution is 2.38. The van der Waals surface area contributed by atoms with Crippen molar-refractivity contribution in [1.29, 1.82) is 0 Å². The van der Waals surface area contributed by atoms with E-state index in [0.29, 0.717) is 6.04 Å². The third-order valence-electron chi connectivity index (χ3n) is 3.78. The lowest BCUT2D eigenvalue weighted by molar-refractivity contribution is 0.345. The van der Waals surface area contributed by atoms with E-state index in [0.717, 1.165) is 18.4 Å². The van der Waals surface area contributed by atoms with Crippen molar-refractivity contribution >= 4 is 11.3 Å². The molecule has 0 bridgehead atoms. The fourth-order valence-corrected chi connectivity index (χ4v) is 4.10. The Morgan fingerprint density at radius 2 is 2.29 bits per heavy atom. The number of fused-ring (bicyclic) bond motifs is 1. The van der Waals surface area contributed by atoms with Crippen LogP contribution >= 0.6 is 11.3 Å². The Hall–Kier alpha value is -0.340. The van der Waals surface area contributed by atoms with Gasteiger partial charge in [0.2, 0.25) is 0 Å². The van der Waals surface area contributed by atoms with Crippen LogP contribution in [-0.4, -0.2) is 12.6 Å². The molecule has 0 radical (unpaired) electrons. The molecular formula is C15H25NS. The molecule has 1 aliphatic carbocycles. The SMILES string of the molecule is CCNC(CC(C)C)C1CCCc2sccc21. The van der Waals surface area contributed by atoms with Gasteiger partial charge in [0, 0.05) is 16.8 Å². The van der Waals surface area contributed by atoms with E-state index in [2.05, 4.69) is 37.5 Å². The second-order valence-corrected chi connectivity index (χ2v) is 6.59. The second kappa shape index (κ2) is 6.01. The predicted molar refractivity (Wildman–Crippen MR) is 76.9 cm³/mol. The van der Waals surface area contributed by atoms with Crippen LogP contribution < -0.4 is 5.32 Å². The van der Waals surface area contributed by atoms with Crippen molar-refractivity contribution in [3.05, 3.63) is 21.9 Å². The van der Waals surface area contributed by atoms with Gasteiger partial charge in [0.25, 0.3) is 0 Å². The summed E-state index contributed by atoms with van der Waals surface area (Å²) >= 11 is 1.96. The van der Waals surface area contributed by atoms with E-state index in [4.69, 9.17) is 0 Å². The van der Waals surface area contributed by atoms with Gasteiger partial charge in [-0.2, -0.15) is 0 Å². The summed E-state index contributed by atoms with van der Waals surface area (Å²) in [6, 6.07) is 3.04. The second-order valence-electron chi connectivity index (χ2n) is 5.59. The van der Waals surface area contributed by atoms with Crippen LogP contribution in [0.1, 0.15) is 56.4 Å². The molecule has 0 fully saturated rings. The molecule has 1 heterocycles.